The first-order valence-corrected chi connectivity index (χ1v) is 8.71. The van der Waals surface area contributed by atoms with Crippen LogP contribution >= 0.6 is 0 Å². The van der Waals surface area contributed by atoms with Crippen LogP contribution in [0.2, 0.25) is 0 Å². The van der Waals surface area contributed by atoms with Crippen LogP contribution in [-0.2, 0) is 15.9 Å². The first-order chi connectivity index (χ1) is 11.9. The summed E-state index contributed by atoms with van der Waals surface area (Å²) in [5, 5.41) is 5.65. The summed E-state index contributed by atoms with van der Waals surface area (Å²) in [7, 11) is -0.341. The second-order valence-corrected chi connectivity index (χ2v) is 7.69. The number of aromatic nitrogens is 2. The van der Waals surface area contributed by atoms with Gasteiger partial charge in [0.15, 0.2) is 0 Å². The molecule has 128 valence electrons. The molecule has 0 spiro atoms. The third-order valence-corrected chi connectivity index (χ3v) is 5.37. The van der Waals surface area contributed by atoms with E-state index in [0.29, 0.717) is 0 Å². The van der Waals surface area contributed by atoms with Gasteiger partial charge >= 0.3 is 7.12 Å². The van der Waals surface area contributed by atoms with Gasteiger partial charge in [0.05, 0.1) is 29.5 Å². The minimum atomic E-state index is -0.341. The molecular weight excluding hydrogens is 311 g/mol. The van der Waals surface area contributed by atoms with Crippen LogP contribution in [0, 0.1) is 0 Å². The first kappa shape index (κ1) is 16.4. The number of hydrogen-bond donors (Lipinski definition) is 0. The topological polar surface area (TPSA) is 36.3 Å². The molecule has 0 amide bonds. The van der Waals surface area contributed by atoms with E-state index in [2.05, 4.69) is 75.3 Å². The van der Waals surface area contributed by atoms with Crippen molar-refractivity contribution in [1.29, 1.82) is 0 Å². The van der Waals surface area contributed by atoms with E-state index in [1.807, 2.05) is 16.9 Å². The van der Waals surface area contributed by atoms with Gasteiger partial charge in [0, 0.05) is 5.39 Å². The lowest BCUT2D eigenvalue weighted by molar-refractivity contribution is 0.00578. The molecule has 0 bridgehead atoms. The van der Waals surface area contributed by atoms with Gasteiger partial charge in [-0.25, -0.2) is 0 Å². The molecule has 25 heavy (non-hydrogen) atoms. The second-order valence-electron chi connectivity index (χ2n) is 7.69. The fraction of sp³-hybridized carbons (Fsp3) is 0.350. The largest absolute Gasteiger partial charge is 0.494 e. The molecule has 0 radical (unpaired) electrons. The summed E-state index contributed by atoms with van der Waals surface area (Å²) < 4.78 is 14.3. The van der Waals surface area contributed by atoms with Crippen molar-refractivity contribution in [2.45, 2.75) is 45.4 Å². The maximum Gasteiger partial charge on any atom is 0.494 e. The predicted octanol–water partition coefficient (Wildman–Crippen LogP) is 3.38. The van der Waals surface area contributed by atoms with Crippen LogP contribution < -0.4 is 5.46 Å². The van der Waals surface area contributed by atoms with Crippen LogP contribution in [0.1, 0.15) is 33.3 Å². The molecule has 0 aliphatic carbocycles. The molecule has 5 heteroatoms. The highest BCUT2D eigenvalue weighted by atomic mass is 16.7. The van der Waals surface area contributed by atoms with Crippen LogP contribution in [0.3, 0.4) is 0 Å². The Hall–Kier alpha value is -2.11. The average Bonchev–Trinajstić information content (AvgIpc) is 3.06. The first-order valence-electron chi connectivity index (χ1n) is 8.71. The predicted molar refractivity (Wildman–Crippen MR) is 101 cm³/mol. The highest BCUT2D eigenvalue weighted by Crippen LogP contribution is 2.36. The smallest absolute Gasteiger partial charge is 0.399 e. The summed E-state index contributed by atoms with van der Waals surface area (Å²) in [6, 6.07) is 16.7. The van der Waals surface area contributed by atoms with Crippen LogP contribution in [0.4, 0.5) is 0 Å². The zero-order valence-electron chi connectivity index (χ0n) is 15.2. The Labute approximate surface area is 148 Å². The molecule has 0 atom stereocenters. The van der Waals surface area contributed by atoms with E-state index in [4.69, 9.17) is 9.31 Å². The van der Waals surface area contributed by atoms with E-state index in [9.17, 15) is 0 Å². The second kappa shape index (κ2) is 5.72. The molecule has 2 aromatic carbocycles. The van der Waals surface area contributed by atoms with Crippen molar-refractivity contribution in [2.75, 3.05) is 0 Å². The summed E-state index contributed by atoms with van der Waals surface area (Å²) >= 11 is 0. The molecular formula is C20H23BN2O2. The number of benzene rings is 2. The SMILES string of the molecule is CC1(C)OB(c2ccc3c(cnn3Cc3ccccc3)c2)OC1(C)C. The van der Waals surface area contributed by atoms with Crippen molar-refractivity contribution < 1.29 is 9.31 Å². The fourth-order valence-corrected chi connectivity index (χ4v) is 3.11. The van der Waals surface area contributed by atoms with Crippen LogP contribution in [0.15, 0.2) is 54.7 Å². The quantitative estimate of drug-likeness (QED) is 0.689. The molecule has 2 heterocycles. The molecule has 0 unspecified atom stereocenters. The Morgan fingerprint density at radius 2 is 1.64 bits per heavy atom. The summed E-state index contributed by atoms with van der Waals surface area (Å²) in [6.07, 6.45) is 1.91. The lowest BCUT2D eigenvalue weighted by atomic mass is 9.79. The lowest BCUT2D eigenvalue weighted by Gasteiger charge is -2.32. The fourth-order valence-electron chi connectivity index (χ4n) is 3.11. The van der Waals surface area contributed by atoms with E-state index in [-0.39, 0.29) is 18.3 Å². The molecule has 0 saturated carbocycles. The van der Waals surface area contributed by atoms with Gasteiger partial charge in [0.25, 0.3) is 0 Å². The normalized spacial score (nSPS) is 18.8. The van der Waals surface area contributed by atoms with E-state index >= 15 is 0 Å². The number of rotatable bonds is 3. The average molecular weight is 334 g/mol. The summed E-state index contributed by atoms with van der Waals surface area (Å²) in [5.74, 6) is 0. The molecule has 4 nitrogen and oxygen atoms in total. The Morgan fingerprint density at radius 1 is 0.960 bits per heavy atom. The minimum Gasteiger partial charge on any atom is -0.399 e. The summed E-state index contributed by atoms with van der Waals surface area (Å²) in [4.78, 5) is 0. The Kier molecular flexibility index (Phi) is 3.74. The highest BCUT2D eigenvalue weighted by molar-refractivity contribution is 6.62. The van der Waals surface area contributed by atoms with Crippen molar-refractivity contribution in [3.8, 4) is 0 Å². The maximum atomic E-state index is 6.15. The lowest BCUT2D eigenvalue weighted by Crippen LogP contribution is -2.41. The molecule has 1 aliphatic rings. The van der Waals surface area contributed by atoms with Gasteiger partial charge in [-0.05, 0) is 44.8 Å². The summed E-state index contributed by atoms with van der Waals surface area (Å²) in [5.41, 5.74) is 2.73. The molecule has 1 aromatic heterocycles. The summed E-state index contributed by atoms with van der Waals surface area (Å²) in [6.45, 7) is 9.06. The molecule has 1 saturated heterocycles. The Morgan fingerprint density at radius 3 is 2.32 bits per heavy atom. The Balaban J connectivity index is 1.62. The zero-order chi connectivity index (χ0) is 17.7. The van der Waals surface area contributed by atoms with E-state index in [1.54, 1.807) is 0 Å². The highest BCUT2D eigenvalue weighted by Gasteiger charge is 2.51. The number of hydrogen-bond acceptors (Lipinski definition) is 3. The Bertz CT molecular complexity index is 886. The van der Waals surface area contributed by atoms with E-state index < -0.39 is 0 Å². The van der Waals surface area contributed by atoms with Crippen molar-refractivity contribution in [1.82, 2.24) is 9.78 Å². The molecule has 0 N–H and O–H groups in total. The minimum absolute atomic E-state index is 0.329. The van der Waals surface area contributed by atoms with Gasteiger partial charge < -0.3 is 9.31 Å². The molecule has 4 rings (SSSR count). The molecule has 3 aromatic rings. The zero-order valence-corrected chi connectivity index (χ0v) is 15.2. The van der Waals surface area contributed by atoms with Crippen LogP contribution in [0.25, 0.3) is 10.9 Å². The van der Waals surface area contributed by atoms with Crippen molar-refractivity contribution >= 4 is 23.5 Å². The standard InChI is InChI=1S/C20H23BN2O2/c1-19(2)20(3,4)25-21(24-19)17-10-11-18-16(12-17)13-22-23(18)14-15-8-6-5-7-9-15/h5-13H,14H2,1-4H3. The maximum absolute atomic E-state index is 6.15. The van der Waals surface area contributed by atoms with Gasteiger partial charge in [0.1, 0.15) is 0 Å². The van der Waals surface area contributed by atoms with Crippen molar-refractivity contribution in [3.63, 3.8) is 0 Å². The number of nitrogens with zero attached hydrogens (tertiary/aromatic N) is 2. The van der Waals surface area contributed by atoms with E-state index in [1.165, 1.54) is 5.56 Å². The van der Waals surface area contributed by atoms with Crippen LogP contribution in [-0.4, -0.2) is 28.1 Å². The van der Waals surface area contributed by atoms with Gasteiger partial charge in [0.2, 0.25) is 0 Å². The van der Waals surface area contributed by atoms with Gasteiger partial charge in [-0.1, -0.05) is 42.5 Å². The third-order valence-electron chi connectivity index (χ3n) is 5.37. The number of fused-ring (bicyclic) bond motifs is 1. The molecule has 1 fully saturated rings. The van der Waals surface area contributed by atoms with Crippen LogP contribution in [0.5, 0.6) is 0 Å². The van der Waals surface area contributed by atoms with Gasteiger partial charge in [-0.2, -0.15) is 5.10 Å². The monoisotopic (exact) mass is 334 g/mol. The van der Waals surface area contributed by atoms with Crippen molar-refractivity contribution in [2.24, 2.45) is 0 Å². The molecule has 1 aliphatic heterocycles. The van der Waals surface area contributed by atoms with Gasteiger partial charge in [-0.15, -0.1) is 0 Å². The van der Waals surface area contributed by atoms with E-state index in [0.717, 1.165) is 22.9 Å². The van der Waals surface area contributed by atoms with Gasteiger partial charge in [-0.3, -0.25) is 4.68 Å². The van der Waals surface area contributed by atoms with Crippen molar-refractivity contribution in [3.05, 3.63) is 60.3 Å². The third kappa shape index (κ3) is 2.88.